The molecule has 0 radical (unpaired) electrons. The third kappa shape index (κ3) is 7.06. The zero-order valence-corrected chi connectivity index (χ0v) is 20.3. The van der Waals surface area contributed by atoms with Crippen molar-refractivity contribution in [1.82, 2.24) is 4.90 Å². The van der Waals surface area contributed by atoms with Crippen LogP contribution in [0.4, 0.5) is 5.69 Å². The summed E-state index contributed by atoms with van der Waals surface area (Å²) < 4.78 is 5.19. The largest absolute Gasteiger partial charge is 0.497 e. The summed E-state index contributed by atoms with van der Waals surface area (Å²) in [7, 11) is 1.57. The number of ether oxygens (including phenoxy) is 1. The van der Waals surface area contributed by atoms with Gasteiger partial charge in [-0.05, 0) is 54.2 Å². The third-order valence-corrected chi connectivity index (χ3v) is 6.08. The Morgan fingerprint density at radius 1 is 1.09 bits per heavy atom. The van der Waals surface area contributed by atoms with Crippen molar-refractivity contribution in [2.24, 2.45) is 11.1 Å². The minimum Gasteiger partial charge on any atom is -0.497 e. The van der Waals surface area contributed by atoms with Crippen molar-refractivity contribution in [3.8, 4) is 5.75 Å². The maximum absolute atomic E-state index is 13.2. The van der Waals surface area contributed by atoms with Gasteiger partial charge in [0.15, 0.2) is 0 Å². The smallest absolute Gasteiger partial charge is 0.255 e. The first-order valence-electron chi connectivity index (χ1n) is 11.8. The van der Waals surface area contributed by atoms with Crippen LogP contribution < -0.4 is 15.8 Å². The fourth-order valence-corrected chi connectivity index (χ4v) is 4.33. The highest BCUT2D eigenvalue weighted by molar-refractivity contribution is 6.04. The number of nitrogens with zero attached hydrogens (tertiary/aromatic N) is 1. The van der Waals surface area contributed by atoms with Crippen LogP contribution in [0.2, 0.25) is 0 Å². The van der Waals surface area contributed by atoms with Gasteiger partial charge in [-0.1, -0.05) is 51.8 Å². The van der Waals surface area contributed by atoms with Crippen LogP contribution in [0, 0.1) is 5.41 Å². The number of nitrogens with two attached hydrogens (primary N) is 1. The van der Waals surface area contributed by atoms with E-state index in [1.807, 2.05) is 29.2 Å². The number of methoxy groups -OCH3 is 1. The topological polar surface area (TPSA) is 84.7 Å². The monoisotopic (exact) mass is 451 g/mol. The van der Waals surface area contributed by atoms with E-state index in [0.29, 0.717) is 30.0 Å². The van der Waals surface area contributed by atoms with Gasteiger partial charge in [-0.3, -0.25) is 9.59 Å². The lowest BCUT2D eigenvalue weighted by Crippen LogP contribution is -2.52. The second-order valence-corrected chi connectivity index (χ2v) is 10.2. The molecule has 6 heteroatoms. The molecule has 33 heavy (non-hydrogen) atoms. The van der Waals surface area contributed by atoms with Gasteiger partial charge < -0.3 is 20.7 Å². The molecule has 2 aromatic carbocycles. The highest BCUT2D eigenvalue weighted by Gasteiger charge is 2.32. The van der Waals surface area contributed by atoms with Crippen molar-refractivity contribution in [2.45, 2.75) is 71.5 Å². The SMILES string of the molecule is COc1cccc(C(=O)Nc2ccc(CN(C(=O)CC(C)(C)C)C3CCCCC3N)cc2)c1. The molecule has 1 fully saturated rings. The number of carbonyl (C=O) groups is 2. The Labute approximate surface area is 197 Å². The minimum atomic E-state index is -0.197. The van der Waals surface area contributed by atoms with E-state index in [4.69, 9.17) is 10.5 Å². The molecule has 0 bridgehead atoms. The molecule has 1 aliphatic carbocycles. The van der Waals surface area contributed by atoms with Crippen molar-refractivity contribution in [3.63, 3.8) is 0 Å². The highest BCUT2D eigenvalue weighted by Crippen LogP contribution is 2.28. The Bertz CT molecular complexity index is 950. The van der Waals surface area contributed by atoms with Gasteiger partial charge in [0.25, 0.3) is 5.91 Å². The Balaban J connectivity index is 1.71. The van der Waals surface area contributed by atoms with E-state index < -0.39 is 0 Å². The summed E-state index contributed by atoms with van der Waals surface area (Å²) in [5.41, 5.74) is 8.61. The molecule has 1 aliphatic rings. The number of nitrogens with one attached hydrogen (secondary N) is 1. The molecular formula is C27H37N3O3. The molecule has 0 spiro atoms. The fraction of sp³-hybridized carbons (Fsp3) is 0.481. The Kier molecular flexibility index (Phi) is 8.14. The summed E-state index contributed by atoms with van der Waals surface area (Å²) in [5, 5.41) is 2.92. The van der Waals surface area contributed by atoms with E-state index in [1.165, 1.54) is 0 Å². The average Bonchev–Trinajstić information content (AvgIpc) is 2.78. The number of carbonyl (C=O) groups excluding carboxylic acids is 2. The number of anilines is 1. The molecular weight excluding hydrogens is 414 g/mol. The van der Waals surface area contributed by atoms with E-state index in [2.05, 4.69) is 26.1 Å². The van der Waals surface area contributed by atoms with Crippen molar-refractivity contribution in [1.29, 1.82) is 0 Å². The van der Waals surface area contributed by atoms with Crippen LogP contribution in [0.3, 0.4) is 0 Å². The second kappa shape index (κ2) is 10.8. The summed E-state index contributed by atoms with van der Waals surface area (Å²) in [6.07, 6.45) is 4.63. The van der Waals surface area contributed by atoms with Gasteiger partial charge in [0.1, 0.15) is 5.75 Å². The van der Waals surface area contributed by atoms with Crippen molar-refractivity contribution in [3.05, 3.63) is 59.7 Å². The standard InChI is InChI=1S/C27H37N3O3/c1-27(2,3)17-25(31)30(24-11-6-5-10-23(24)28)18-19-12-14-21(15-13-19)29-26(32)20-8-7-9-22(16-20)33-4/h7-9,12-16,23-24H,5-6,10-11,17-18,28H2,1-4H3,(H,29,32). The average molecular weight is 452 g/mol. The van der Waals surface area contributed by atoms with Gasteiger partial charge >= 0.3 is 0 Å². The van der Waals surface area contributed by atoms with Crippen LogP contribution in [0.1, 0.15) is 68.8 Å². The number of amides is 2. The Morgan fingerprint density at radius 2 is 1.79 bits per heavy atom. The molecule has 3 rings (SSSR count). The summed E-state index contributed by atoms with van der Waals surface area (Å²) in [6, 6.07) is 14.8. The van der Waals surface area contributed by atoms with Crippen LogP contribution in [-0.2, 0) is 11.3 Å². The van der Waals surface area contributed by atoms with Crippen LogP contribution in [0.15, 0.2) is 48.5 Å². The maximum Gasteiger partial charge on any atom is 0.255 e. The molecule has 0 heterocycles. The normalized spacial score (nSPS) is 18.5. The number of rotatable bonds is 7. The van der Waals surface area contributed by atoms with Crippen LogP contribution in [0.25, 0.3) is 0 Å². The second-order valence-electron chi connectivity index (χ2n) is 10.2. The minimum absolute atomic E-state index is 0.0177. The maximum atomic E-state index is 13.2. The molecule has 0 saturated heterocycles. The van der Waals surface area contributed by atoms with Crippen LogP contribution >= 0.6 is 0 Å². The predicted molar refractivity (Wildman–Crippen MR) is 132 cm³/mol. The number of benzene rings is 2. The third-order valence-electron chi connectivity index (χ3n) is 6.08. The lowest BCUT2D eigenvalue weighted by atomic mass is 9.87. The summed E-state index contributed by atoms with van der Waals surface area (Å²) >= 11 is 0. The quantitative estimate of drug-likeness (QED) is 0.622. The van der Waals surface area contributed by atoms with Crippen molar-refractivity contribution in [2.75, 3.05) is 12.4 Å². The van der Waals surface area contributed by atoms with E-state index in [1.54, 1.807) is 31.4 Å². The Hall–Kier alpha value is -2.86. The molecule has 2 aromatic rings. The lowest BCUT2D eigenvalue weighted by Gasteiger charge is -2.39. The number of hydrogen-bond donors (Lipinski definition) is 2. The van der Waals surface area contributed by atoms with Crippen LogP contribution in [-0.4, -0.2) is 35.9 Å². The highest BCUT2D eigenvalue weighted by atomic mass is 16.5. The van der Waals surface area contributed by atoms with Gasteiger partial charge in [-0.25, -0.2) is 0 Å². The first-order valence-corrected chi connectivity index (χ1v) is 11.8. The molecule has 0 aromatic heterocycles. The van der Waals surface area contributed by atoms with E-state index >= 15 is 0 Å². The summed E-state index contributed by atoms with van der Waals surface area (Å²) in [5.74, 6) is 0.594. The molecule has 2 atom stereocenters. The molecule has 0 aliphatic heterocycles. The van der Waals surface area contributed by atoms with Gasteiger partial charge in [0.05, 0.1) is 7.11 Å². The van der Waals surface area contributed by atoms with Gasteiger partial charge in [-0.2, -0.15) is 0 Å². The predicted octanol–water partition coefficient (Wildman–Crippen LogP) is 4.98. The van der Waals surface area contributed by atoms with E-state index in [0.717, 1.165) is 31.2 Å². The molecule has 2 unspecified atom stereocenters. The first-order chi connectivity index (χ1) is 15.7. The molecule has 6 nitrogen and oxygen atoms in total. The van der Waals surface area contributed by atoms with E-state index in [-0.39, 0.29) is 29.3 Å². The molecule has 2 amide bonds. The van der Waals surface area contributed by atoms with Crippen molar-refractivity contribution < 1.29 is 14.3 Å². The zero-order chi connectivity index (χ0) is 24.0. The van der Waals surface area contributed by atoms with Crippen LogP contribution in [0.5, 0.6) is 5.75 Å². The van der Waals surface area contributed by atoms with Gasteiger partial charge in [0, 0.05) is 36.3 Å². The molecule has 1 saturated carbocycles. The number of hydrogen-bond acceptors (Lipinski definition) is 4. The Morgan fingerprint density at radius 3 is 2.42 bits per heavy atom. The van der Waals surface area contributed by atoms with E-state index in [9.17, 15) is 9.59 Å². The molecule has 3 N–H and O–H groups in total. The fourth-order valence-electron chi connectivity index (χ4n) is 4.33. The first kappa shape index (κ1) is 24.8. The van der Waals surface area contributed by atoms with Gasteiger partial charge in [-0.15, -0.1) is 0 Å². The summed E-state index contributed by atoms with van der Waals surface area (Å²) in [6.45, 7) is 6.79. The van der Waals surface area contributed by atoms with Crippen molar-refractivity contribution >= 4 is 17.5 Å². The zero-order valence-electron chi connectivity index (χ0n) is 20.3. The molecule has 178 valence electrons. The lowest BCUT2D eigenvalue weighted by molar-refractivity contribution is -0.137. The summed E-state index contributed by atoms with van der Waals surface area (Å²) in [4.78, 5) is 27.8. The van der Waals surface area contributed by atoms with Gasteiger partial charge in [0.2, 0.25) is 5.91 Å².